The summed E-state index contributed by atoms with van der Waals surface area (Å²) >= 11 is 6.23. The summed E-state index contributed by atoms with van der Waals surface area (Å²) in [4.78, 5) is 23.1. The quantitative estimate of drug-likeness (QED) is 0.484. The molecule has 0 saturated carbocycles. The highest BCUT2D eigenvalue weighted by Crippen LogP contribution is 2.31. The molecule has 8 heteroatoms. The highest BCUT2D eigenvalue weighted by molar-refractivity contribution is 6.32. The van der Waals surface area contributed by atoms with E-state index >= 15 is 0 Å². The molecule has 164 valence electrons. The number of hydrogen-bond acceptors (Lipinski definition) is 5. The van der Waals surface area contributed by atoms with Crippen molar-refractivity contribution in [3.8, 4) is 23.6 Å². The number of carboxylic acid groups (broad SMARTS) is 1. The number of nitrogens with zero attached hydrogens (tertiary/aromatic N) is 2. The molecular formula is C25H18ClN3O4. The molecule has 1 amide bonds. The monoisotopic (exact) mass is 459 g/mol. The van der Waals surface area contributed by atoms with Crippen LogP contribution >= 0.6 is 11.6 Å². The number of ether oxygens (including phenoxy) is 1. The Hall–Kier alpha value is -4.33. The summed E-state index contributed by atoms with van der Waals surface area (Å²) in [5.74, 6) is -0.525. The number of carbonyl (C=O) groups is 2. The zero-order valence-electron chi connectivity index (χ0n) is 17.3. The van der Waals surface area contributed by atoms with Crippen molar-refractivity contribution in [2.24, 2.45) is 0 Å². The second-order valence-electron chi connectivity index (χ2n) is 7.15. The van der Waals surface area contributed by atoms with E-state index in [2.05, 4.69) is 5.32 Å². The van der Waals surface area contributed by atoms with Crippen molar-refractivity contribution >= 4 is 29.2 Å². The Bertz CT molecular complexity index is 1240. The second kappa shape index (κ2) is 10.8. The van der Waals surface area contributed by atoms with Gasteiger partial charge in [-0.25, -0.2) is 0 Å². The fourth-order valence-corrected chi connectivity index (χ4v) is 3.20. The van der Waals surface area contributed by atoms with Crippen LogP contribution in [0, 0.1) is 22.7 Å². The highest BCUT2D eigenvalue weighted by atomic mass is 35.5. The van der Waals surface area contributed by atoms with E-state index in [1.54, 1.807) is 42.5 Å². The first-order valence-electron chi connectivity index (χ1n) is 9.88. The molecule has 0 spiro atoms. The van der Waals surface area contributed by atoms with Crippen molar-refractivity contribution in [1.29, 1.82) is 10.5 Å². The molecule has 0 aliphatic rings. The van der Waals surface area contributed by atoms with Gasteiger partial charge in [0.15, 0.2) is 0 Å². The van der Waals surface area contributed by atoms with Crippen LogP contribution in [0.25, 0.3) is 0 Å². The Labute approximate surface area is 195 Å². The van der Waals surface area contributed by atoms with Gasteiger partial charge in [0, 0.05) is 12.1 Å². The van der Waals surface area contributed by atoms with Gasteiger partial charge in [-0.15, -0.1) is 0 Å². The molecular weight excluding hydrogens is 442 g/mol. The topological polar surface area (TPSA) is 123 Å². The summed E-state index contributed by atoms with van der Waals surface area (Å²) in [6, 6.07) is 20.3. The SMILES string of the molecule is N#Cc1cc(C#N)cc(Oc2cc(CC(=O)Nc3ccc(CCC(=O)O)cc3)ccc2Cl)c1. The number of hydrogen-bond donors (Lipinski definition) is 2. The summed E-state index contributed by atoms with van der Waals surface area (Å²) < 4.78 is 5.78. The third-order valence-electron chi connectivity index (χ3n) is 4.62. The Balaban J connectivity index is 1.67. The molecule has 0 aliphatic heterocycles. The summed E-state index contributed by atoms with van der Waals surface area (Å²) in [6.45, 7) is 0. The van der Waals surface area contributed by atoms with E-state index < -0.39 is 5.97 Å². The molecule has 0 heterocycles. The minimum absolute atomic E-state index is 0.0469. The van der Waals surface area contributed by atoms with Crippen LogP contribution in [0.4, 0.5) is 5.69 Å². The van der Waals surface area contributed by atoms with Gasteiger partial charge in [0.2, 0.25) is 5.91 Å². The number of benzene rings is 3. The number of carboxylic acids is 1. The van der Waals surface area contributed by atoms with E-state index in [0.717, 1.165) is 5.56 Å². The van der Waals surface area contributed by atoms with Crippen LogP contribution < -0.4 is 10.1 Å². The van der Waals surface area contributed by atoms with Gasteiger partial charge in [0.05, 0.1) is 34.7 Å². The van der Waals surface area contributed by atoms with Gasteiger partial charge < -0.3 is 15.2 Å². The predicted molar refractivity (Wildman–Crippen MR) is 122 cm³/mol. The smallest absolute Gasteiger partial charge is 0.303 e. The molecule has 2 N–H and O–H groups in total. The van der Waals surface area contributed by atoms with Gasteiger partial charge in [0.1, 0.15) is 11.5 Å². The third-order valence-corrected chi connectivity index (χ3v) is 4.93. The zero-order valence-corrected chi connectivity index (χ0v) is 18.1. The van der Waals surface area contributed by atoms with Crippen LogP contribution in [0.5, 0.6) is 11.5 Å². The summed E-state index contributed by atoms with van der Waals surface area (Å²) in [5.41, 5.74) is 2.69. The molecule has 7 nitrogen and oxygen atoms in total. The summed E-state index contributed by atoms with van der Waals surface area (Å²) in [7, 11) is 0. The largest absolute Gasteiger partial charge is 0.481 e. The lowest BCUT2D eigenvalue weighted by Gasteiger charge is -2.11. The minimum atomic E-state index is -0.859. The van der Waals surface area contributed by atoms with E-state index in [-0.39, 0.29) is 35.6 Å². The van der Waals surface area contributed by atoms with E-state index in [0.29, 0.717) is 28.4 Å². The van der Waals surface area contributed by atoms with Crippen LogP contribution in [0.2, 0.25) is 5.02 Å². The molecule has 0 aliphatic carbocycles. The van der Waals surface area contributed by atoms with Gasteiger partial charge in [-0.1, -0.05) is 29.8 Å². The first-order valence-corrected chi connectivity index (χ1v) is 10.3. The van der Waals surface area contributed by atoms with E-state index in [9.17, 15) is 9.59 Å². The Kier molecular flexibility index (Phi) is 7.64. The minimum Gasteiger partial charge on any atom is -0.481 e. The van der Waals surface area contributed by atoms with E-state index in [1.165, 1.54) is 18.2 Å². The number of aryl methyl sites for hydroxylation is 1. The molecule has 0 saturated heterocycles. The fourth-order valence-electron chi connectivity index (χ4n) is 3.05. The lowest BCUT2D eigenvalue weighted by molar-refractivity contribution is -0.137. The molecule has 0 radical (unpaired) electrons. The third kappa shape index (κ3) is 6.83. The number of nitriles is 2. The molecule has 3 aromatic rings. The highest BCUT2D eigenvalue weighted by Gasteiger charge is 2.11. The molecule has 33 heavy (non-hydrogen) atoms. The molecule has 0 aromatic heterocycles. The average molecular weight is 460 g/mol. The van der Waals surface area contributed by atoms with Crippen LogP contribution in [0.1, 0.15) is 28.7 Å². The number of amides is 1. The first kappa shape index (κ1) is 23.3. The average Bonchev–Trinajstić information content (AvgIpc) is 2.80. The van der Waals surface area contributed by atoms with Crippen molar-refractivity contribution < 1.29 is 19.4 Å². The standard InChI is InChI=1S/C25H18ClN3O4/c26-22-7-3-17(12-23(22)33-21-10-18(14-27)9-19(11-21)15-28)13-24(30)29-20-5-1-16(2-6-20)4-8-25(31)32/h1-3,5-7,9-12H,4,8,13H2,(H,29,30)(H,31,32). The van der Waals surface area contributed by atoms with Crippen LogP contribution in [0.3, 0.4) is 0 Å². The number of rotatable bonds is 8. The summed E-state index contributed by atoms with van der Waals surface area (Å²) in [6.07, 6.45) is 0.533. The van der Waals surface area contributed by atoms with Gasteiger partial charge in [-0.3, -0.25) is 9.59 Å². The number of carbonyl (C=O) groups excluding carboxylic acids is 1. The Morgan fingerprint density at radius 2 is 1.58 bits per heavy atom. The maximum absolute atomic E-state index is 12.5. The molecule has 0 unspecified atom stereocenters. The summed E-state index contributed by atoms with van der Waals surface area (Å²) in [5, 5.41) is 30.1. The number of halogens is 1. The lowest BCUT2D eigenvalue weighted by atomic mass is 10.1. The maximum atomic E-state index is 12.5. The van der Waals surface area contributed by atoms with E-state index in [1.807, 2.05) is 12.1 Å². The van der Waals surface area contributed by atoms with Crippen molar-refractivity contribution in [1.82, 2.24) is 0 Å². The van der Waals surface area contributed by atoms with Gasteiger partial charge in [-0.05, 0) is 60.0 Å². The zero-order chi connectivity index (χ0) is 23.8. The van der Waals surface area contributed by atoms with Gasteiger partial charge in [0.25, 0.3) is 0 Å². The van der Waals surface area contributed by atoms with Crippen molar-refractivity contribution in [2.45, 2.75) is 19.3 Å². The first-order chi connectivity index (χ1) is 15.9. The predicted octanol–water partition coefficient (Wildman–Crippen LogP) is 5.07. The number of nitrogens with one attached hydrogen (secondary N) is 1. The van der Waals surface area contributed by atoms with Gasteiger partial charge in [-0.2, -0.15) is 10.5 Å². The van der Waals surface area contributed by atoms with Gasteiger partial charge >= 0.3 is 5.97 Å². The molecule has 3 rings (SSSR count). The molecule has 0 fully saturated rings. The fraction of sp³-hybridized carbons (Fsp3) is 0.120. The van der Waals surface area contributed by atoms with E-state index in [4.69, 9.17) is 32.0 Å². The van der Waals surface area contributed by atoms with Crippen molar-refractivity contribution in [3.63, 3.8) is 0 Å². The molecule has 0 bridgehead atoms. The second-order valence-corrected chi connectivity index (χ2v) is 7.56. The Morgan fingerprint density at radius 1 is 0.939 bits per heavy atom. The Morgan fingerprint density at radius 3 is 2.18 bits per heavy atom. The van der Waals surface area contributed by atoms with Crippen LogP contribution in [-0.4, -0.2) is 17.0 Å². The number of aliphatic carboxylic acids is 1. The maximum Gasteiger partial charge on any atom is 0.303 e. The molecule has 3 aromatic carbocycles. The number of anilines is 1. The van der Waals surface area contributed by atoms with Crippen molar-refractivity contribution in [3.05, 3.63) is 87.9 Å². The lowest BCUT2D eigenvalue weighted by Crippen LogP contribution is -2.14. The van der Waals surface area contributed by atoms with Crippen LogP contribution in [-0.2, 0) is 22.4 Å². The van der Waals surface area contributed by atoms with Crippen LogP contribution in [0.15, 0.2) is 60.7 Å². The van der Waals surface area contributed by atoms with Crippen molar-refractivity contribution in [2.75, 3.05) is 5.32 Å². The molecule has 0 atom stereocenters. The normalized spacial score (nSPS) is 10.0.